The van der Waals surface area contributed by atoms with E-state index in [0.29, 0.717) is 6.54 Å². The lowest BCUT2D eigenvalue weighted by atomic mass is 10.2. The number of halogens is 3. The zero-order valence-corrected chi connectivity index (χ0v) is 9.95. The summed E-state index contributed by atoms with van der Waals surface area (Å²) < 4.78 is 40.9. The van der Waals surface area contributed by atoms with Crippen molar-refractivity contribution in [3.05, 3.63) is 59.9 Å². The molecule has 0 saturated carbocycles. The Kier molecular flexibility index (Phi) is 4.28. The van der Waals surface area contributed by atoms with Crippen LogP contribution in [0.5, 0.6) is 5.75 Å². The summed E-state index contributed by atoms with van der Waals surface area (Å²) in [4.78, 5) is 0. The highest BCUT2D eigenvalue weighted by Gasteiger charge is 2.03. The van der Waals surface area contributed by atoms with Gasteiger partial charge >= 0.3 is 6.61 Å². The molecule has 2 aromatic carbocycles. The molecule has 0 atom stereocenters. The van der Waals surface area contributed by atoms with E-state index in [9.17, 15) is 13.2 Å². The molecule has 2 rings (SSSR count). The average molecular weight is 267 g/mol. The molecule has 0 saturated heterocycles. The summed E-state index contributed by atoms with van der Waals surface area (Å²) in [5.74, 6) is -0.167. The van der Waals surface area contributed by atoms with Crippen LogP contribution in [-0.4, -0.2) is 6.61 Å². The van der Waals surface area contributed by atoms with Crippen molar-refractivity contribution in [1.82, 2.24) is 0 Å². The Morgan fingerprint density at radius 2 is 1.58 bits per heavy atom. The molecular weight excluding hydrogens is 255 g/mol. The predicted molar refractivity (Wildman–Crippen MR) is 66.8 cm³/mol. The zero-order valence-electron chi connectivity index (χ0n) is 9.95. The van der Waals surface area contributed by atoms with Gasteiger partial charge in [-0.2, -0.15) is 8.78 Å². The Morgan fingerprint density at radius 1 is 0.947 bits per heavy atom. The minimum Gasteiger partial charge on any atom is -0.435 e. The molecule has 19 heavy (non-hydrogen) atoms. The van der Waals surface area contributed by atoms with Crippen molar-refractivity contribution in [2.45, 2.75) is 13.2 Å². The summed E-state index contributed by atoms with van der Waals surface area (Å²) >= 11 is 0. The van der Waals surface area contributed by atoms with Gasteiger partial charge in [0.05, 0.1) is 0 Å². The predicted octanol–water partition coefficient (Wildman–Crippen LogP) is 4.04. The van der Waals surface area contributed by atoms with Crippen LogP contribution in [0.2, 0.25) is 0 Å². The fourth-order valence-electron chi connectivity index (χ4n) is 1.56. The van der Waals surface area contributed by atoms with Crippen molar-refractivity contribution in [3.63, 3.8) is 0 Å². The van der Waals surface area contributed by atoms with Gasteiger partial charge in [-0.05, 0) is 42.0 Å². The fraction of sp³-hybridized carbons (Fsp3) is 0.143. The van der Waals surface area contributed by atoms with Gasteiger partial charge in [-0.3, -0.25) is 0 Å². The molecule has 0 aromatic heterocycles. The lowest BCUT2D eigenvalue weighted by molar-refractivity contribution is -0.0498. The summed E-state index contributed by atoms with van der Waals surface area (Å²) in [5.41, 5.74) is 1.69. The van der Waals surface area contributed by atoms with E-state index in [4.69, 9.17) is 0 Å². The molecule has 0 heterocycles. The van der Waals surface area contributed by atoms with Crippen LogP contribution in [0, 0.1) is 5.82 Å². The van der Waals surface area contributed by atoms with E-state index in [2.05, 4.69) is 10.1 Å². The molecule has 0 spiro atoms. The Hall–Kier alpha value is -2.17. The van der Waals surface area contributed by atoms with Crippen molar-refractivity contribution >= 4 is 5.69 Å². The van der Waals surface area contributed by atoms with Crippen LogP contribution in [0.25, 0.3) is 0 Å². The number of rotatable bonds is 5. The second kappa shape index (κ2) is 6.13. The molecule has 0 unspecified atom stereocenters. The fourth-order valence-corrected chi connectivity index (χ4v) is 1.56. The number of hydrogen-bond donors (Lipinski definition) is 1. The van der Waals surface area contributed by atoms with Gasteiger partial charge < -0.3 is 10.1 Å². The smallest absolute Gasteiger partial charge is 0.387 e. The van der Waals surface area contributed by atoms with Crippen LogP contribution in [0.1, 0.15) is 5.56 Å². The van der Waals surface area contributed by atoms with Gasteiger partial charge in [0.1, 0.15) is 11.6 Å². The van der Waals surface area contributed by atoms with Gasteiger partial charge in [0, 0.05) is 12.2 Å². The minimum absolute atomic E-state index is 0.125. The highest BCUT2D eigenvalue weighted by molar-refractivity contribution is 5.43. The molecule has 0 aliphatic carbocycles. The number of benzene rings is 2. The van der Waals surface area contributed by atoms with Gasteiger partial charge in [-0.25, -0.2) is 4.39 Å². The first-order chi connectivity index (χ1) is 9.13. The summed E-state index contributed by atoms with van der Waals surface area (Å²) in [5, 5.41) is 3.09. The Bertz CT molecular complexity index is 511. The largest absolute Gasteiger partial charge is 0.435 e. The van der Waals surface area contributed by atoms with Crippen LogP contribution >= 0.6 is 0 Å². The maximum absolute atomic E-state index is 12.7. The third-order valence-electron chi connectivity index (χ3n) is 2.49. The summed E-state index contributed by atoms with van der Waals surface area (Å²) in [6.07, 6.45) is 0. The van der Waals surface area contributed by atoms with Crippen molar-refractivity contribution in [2.24, 2.45) is 0 Å². The van der Waals surface area contributed by atoms with Crippen molar-refractivity contribution in [1.29, 1.82) is 0 Å². The number of nitrogens with one attached hydrogen (secondary N) is 1. The van der Waals surface area contributed by atoms with Gasteiger partial charge in [-0.1, -0.05) is 12.1 Å². The molecule has 0 radical (unpaired) electrons. The van der Waals surface area contributed by atoms with Gasteiger partial charge in [0.15, 0.2) is 0 Å². The highest BCUT2D eigenvalue weighted by Crippen LogP contribution is 2.16. The molecule has 2 aromatic rings. The molecule has 5 heteroatoms. The maximum atomic E-state index is 12.7. The second-order valence-corrected chi connectivity index (χ2v) is 3.88. The van der Waals surface area contributed by atoms with Gasteiger partial charge in [0.2, 0.25) is 0 Å². The molecule has 2 nitrogen and oxygen atoms in total. The minimum atomic E-state index is -2.82. The van der Waals surface area contributed by atoms with Crippen LogP contribution in [0.4, 0.5) is 18.9 Å². The van der Waals surface area contributed by atoms with E-state index in [1.165, 1.54) is 24.3 Å². The number of hydrogen-bond acceptors (Lipinski definition) is 2. The monoisotopic (exact) mass is 267 g/mol. The first kappa shape index (κ1) is 13.3. The first-order valence-electron chi connectivity index (χ1n) is 5.67. The standard InChI is InChI=1S/C14H12F3NO/c15-11-3-5-12(6-4-11)18-9-10-1-7-13(8-2-10)19-14(16)17/h1-8,14,18H,9H2. The molecule has 100 valence electrons. The SMILES string of the molecule is Fc1ccc(NCc2ccc(OC(F)F)cc2)cc1. The third-order valence-corrected chi connectivity index (χ3v) is 2.49. The summed E-state index contributed by atoms with van der Waals surface area (Å²) in [6.45, 7) is -2.30. The Balaban J connectivity index is 1.91. The number of anilines is 1. The lowest BCUT2D eigenvalue weighted by Crippen LogP contribution is -2.02. The zero-order chi connectivity index (χ0) is 13.7. The third kappa shape index (κ3) is 4.21. The van der Waals surface area contributed by atoms with Crippen LogP contribution in [0.15, 0.2) is 48.5 Å². The average Bonchev–Trinajstić information content (AvgIpc) is 2.39. The van der Waals surface area contributed by atoms with Crippen LogP contribution in [0.3, 0.4) is 0 Å². The van der Waals surface area contributed by atoms with Gasteiger partial charge in [-0.15, -0.1) is 0 Å². The molecule has 0 fully saturated rings. The maximum Gasteiger partial charge on any atom is 0.387 e. The Morgan fingerprint density at radius 3 is 2.16 bits per heavy atom. The second-order valence-electron chi connectivity index (χ2n) is 3.88. The first-order valence-corrected chi connectivity index (χ1v) is 5.67. The molecule has 0 aliphatic rings. The van der Waals surface area contributed by atoms with E-state index in [-0.39, 0.29) is 11.6 Å². The molecule has 1 N–H and O–H groups in total. The topological polar surface area (TPSA) is 21.3 Å². The normalized spacial score (nSPS) is 10.5. The van der Waals surface area contributed by atoms with Crippen LogP contribution < -0.4 is 10.1 Å². The Labute approximate surface area is 108 Å². The number of ether oxygens (including phenoxy) is 1. The molecule has 0 aliphatic heterocycles. The van der Waals surface area contributed by atoms with Crippen molar-refractivity contribution in [2.75, 3.05) is 5.32 Å². The molecule has 0 bridgehead atoms. The lowest BCUT2D eigenvalue weighted by Gasteiger charge is -2.08. The van der Waals surface area contributed by atoms with Gasteiger partial charge in [0.25, 0.3) is 0 Å². The van der Waals surface area contributed by atoms with Crippen molar-refractivity contribution < 1.29 is 17.9 Å². The quantitative estimate of drug-likeness (QED) is 0.882. The van der Waals surface area contributed by atoms with E-state index in [1.807, 2.05) is 0 Å². The molecule has 0 amide bonds. The van der Waals surface area contributed by atoms with Crippen LogP contribution in [-0.2, 0) is 6.54 Å². The van der Waals surface area contributed by atoms with Crippen molar-refractivity contribution in [3.8, 4) is 5.75 Å². The van der Waals surface area contributed by atoms with E-state index in [0.717, 1.165) is 11.3 Å². The summed E-state index contributed by atoms with van der Waals surface area (Å²) in [7, 11) is 0. The van der Waals surface area contributed by atoms with E-state index >= 15 is 0 Å². The molecular formula is C14H12F3NO. The highest BCUT2D eigenvalue weighted by atomic mass is 19.3. The number of alkyl halides is 2. The summed E-state index contributed by atoms with van der Waals surface area (Å²) in [6, 6.07) is 12.3. The van der Waals surface area contributed by atoms with E-state index < -0.39 is 6.61 Å². The van der Waals surface area contributed by atoms with E-state index in [1.54, 1.807) is 24.3 Å².